The summed E-state index contributed by atoms with van der Waals surface area (Å²) in [6, 6.07) is 8.18. The van der Waals surface area contributed by atoms with Crippen LogP contribution in [0.2, 0.25) is 0 Å². The van der Waals surface area contributed by atoms with Gasteiger partial charge in [-0.25, -0.2) is 0 Å². The zero-order chi connectivity index (χ0) is 15.4. The largest absolute Gasteiger partial charge is 0.490 e. The number of hydrogen-bond acceptors (Lipinski definition) is 3. The van der Waals surface area contributed by atoms with Crippen LogP contribution in [0.3, 0.4) is 0 Å². The lowest BCUT2D eigenvalue weighted by molar-refractivity contribution is -0.134. The van der Waals surface area contributed by atoms with Gasteiger partial charge in [0.15, 0.2) is 0 Å². The summed E-state index contributed by atoms with van der Waals surface area (Å²) in [5.74, 6) is 1.64. The molecule has 1 amide bonds. The van der Waals surface area contributed by atoms with Crippen molar-refractivity contribution in [3.8, 4) is 5.75 Å². The summed E-state index contributed by atoms with van der Waals surface area (Å²) in [7, 11) is 0. The lowest BCUT2D eigenvalue weighted by Gasteiger charge is -2.32. The monoisotopic (exact) mass is 303 g/mol. The predicted octanol–water partition coefficient (Wildman–Crippen LogP) is 2.79. The Morgan fingerprint density at radius 3 is 2.59 bits per heavy atom. The van der Waals surface area contributed by atoms with E-state index in [1.807, 2.05) is 17.0 Å². The average Bonchev–Trinajstić information content (AvgIpc) is 3.03. The van der Waals surface area contributed by atoms with Gasteiger partial charge in [-0.1, -0.05) is 17.7 Å². The average molecular weight is 303 g/mol. The minimum atomic E-state index is 0.224. The molecule has 1 aromatic carbocycles. The van der Waals surface area contributed by atoms with Crippen LogP contribution in [-0.2, 0) is 9.53 Å². The molecule has 0 aliphatic carbocycles. The van der Waals surface area contributed by atoms with Crippen molar-refractivity contribution < 1.29 is 14.3 Å². The highest BCUT2D eigenvalue weighted by Gasteiger charge is 2.27. The van der Waals surface area contributed by atoms with Gasteiger partial charge in [-0.05, 0) is 31.4 Å². The van der Waals surface area contributed by atoms with Crippen LogP contribution in [0.1, 0.15) is 31.2 Å². The first-order chi connectivity index (χ1) is 10.7. The molecular weight excluding hydrogens is 278 g/mol. The first-order valence-corrected chi connectivity index (χ1v) is 8.29. The number of amides is 1. The van der Waals surface area contributed by atoms with Gasteiger partial charge in [-0.15, -0.1) is 0 Å². The Bertz CT molecular complexity index is 486. The van der Waals surface area contributed by atoms with Crippen molar-refractivity contribution in [2.24, 2.45) is 5.92 Å². The van der Waals surface area contributed by atoms with Crippen molar-refractivity contribution in [2.75, 3.05) is 26.3 Å². The zero-order valence-electron chi connectivity index (χ0n) is 13.3. The highest BCUT2D eigenvalue weighted by atomic mass is 16.5. The number of benzene rings is 1. The number of carbonyl (C=O) groups excluding carboxylic acids is 1. The second kappa shape index (κ2) is 7.14. The number of ether oxygens (including phenoxy) is 2. The van der Waals surface area contributed by atoms with Gasteiger partial charge < -0.3 is 14.4 Å². The van der Waals surface area contributed by atoms with Crippen LogP contribution < -0.4 is 4.74 Å². The molecule has 2 aliphatic rings. The van der Waals surface area contributed by atoms with Crippen molar-refractivity contribution in [3.05, 3.63) is 29.8 Å². The Morgan fingerprint density at radius 2 is 1.95 bits per heavy atom. The first kappa shape index (κ1) is 15.3. The molecule has 0 N–H and O–H groups in total. The molecule has 1 aromatic rings. The third-order valence-corrected chi connectivity index (χ3v) is 4.61. The van der Waals surface area contributed by atoms with Gasteiger partial charge in [0.05, 0.1) is 0 Å². The minimum Gasteiger partial charge on any atom is -0.490 e. The van der Waals surface area contributed by atoms with Crippen LogP contribution >= 0.6 is 0 Å². The van der Waals surface area contributed by atoms with Crippen molar-refractivity contribution in [3.63, 3.8) is 0 Å². The smallest absolute Gasteiger partial charge is 0.222 e. The first-order valence-electron chi connectivity index (χ1n) is 8.29. The molecule has 2 saturated heterocycles. The summed E-state index contributed by atoms with van der Waals surface area (Å²) >= 11 is 0. The molecule has 22 heavy (non-hydrogen) atoms. The number of likely N-dealkylation sites (tertiary alicyclic amines) is 1. The summed E-state index contributed by atoms with van der Waals surface area (Å²) in [6.45, 7) is 5.25. The molecule has 4 nitrogen and oxygen atoms in total. The van der Waals surface area contributed by atoms with E-state index in [1.54, 1.807) is 0 Å². The molecule has 0 spiro atoms. The molecular formula is C18H25NO3. The van der Waals surface area contributed by atoms with E-state index in [4.69, 9.17) is 9.47 Å². The number of rotatable bonds is 4. The van der Waals surface area contributed by atoms with Gasteiger partial charge in [0.1, 0.15) is 11.9 Å². The summed E-state index contributed by atoms with van der Waals surface area (Å²) < 4.78 is 11.4. The van der Waals surface area contributed by atoms with E-state index >= 15 is 0 Å². The fourth-order valence-corrected chi connectivity index (χ4v) is 3.15. The van der Waals surface area contributed by atoms with Gasteiger partial charge in [0.25, 0.3) is 0 Å². The fourth-order valence-electron chi connectivity index (χ4n) is 3.15. The van der Waals surface area contributed by atoms with Crippen LogP contribution in [0.25, 0.3) is 0 Å². The number of aryl methyl sites for hydroxylation is 1. The van der Waals surface area contributed by atoms with Crippen molar-refractivity contribution >= 4 is 5.91 Å². The Morgan fingerprint density at radius 1 is 1.23 bits per heavy atom. The molecule has 1 unspecified atom stereocenters. The third-order valence-electron chi connectivity index (χ3n) is 4.61. The quantitative estimate of drug-likeness (QED) is 0.858. The highest BCUT2D eigenvalue weighted by Crippen LogP contribution is 2.22. The molecule has 2 heterocycles. The molecule has 0 aromatic heterocycles. The van der Waals surface area contributed by atoms with E-state index in [0.717, 1.165) is 51.3 Å². The Labute approximate surface area is 132 Å². The normalized spacial score (nSPS) is 22.8. The Balaban J connectivity index is 1.43. The van der Waals surface area contributed by atoms with Crippen molar-refractivity contribution in [1.82, 2.24) is 4.90 Å². The standard InChI is InChI=1S/C18H25NO3/c1-14-2-4-16(5-3-14)22-17-6-9-19(10-7-17)18(20)12-15-8-11-21-13-15/h2-5,15,17H,6-13H2,1H3. The molecule has 3 rings (SSSR count). The van der Waals surface area contributed by atoms with E-state index < -0.39 is 0 Å². The SMILES string of the molecule is Cc1ccc(OC2CCN(C(=O)CC3CCOC3)CC2)cc1. The van der Waals surface area contributed by atoms with E-state index in [2.05, 4.69) is 19.1 Å². The summed E-state index contributed by atoms with van der Waals surface area (Å²) in [6.07, 6.45) is 3.73. The van der Waals surface area contributed by atoms with Crippen LogP contribution in [0, 0.1) is 12.8 Å². The van der Waals surface area contributed by atoms with Crippen molar-refractivity contribution in [2.45, 2.75) is 38.7 Å². The second-order valence-corrected chi connectivity index (χ2v) is 6.44. The van der Waals surface area contributed by atoms with Gasteiger partial charge in [0, 0.05) is 45.6 Å². The molecule has 0 radical (unpaired) electrons. The second-order valence-electron chi connectivity index (χ2n) is 6.44. The molecule has 120 valence electrons. The van der Waals surface area contributed by atoms with Gasteiger partial charge in [0.2, 0.25) is 5.91 Å². The molecule has 2 fully saturated rings. The summed E-state index contributed by atoms with van der Waals surface area (Å²) in [5, 5.41) is 0. The minimum absolute atomic E-state index is 0.224. The lowest BCUT2D eigenvalue weighted by Crippen LogP contribution is -2.42. The molecule has 2 aliphatic heterocycles. The van der Waals surface area contributed by atoms with Crippen LogP contribution in [0.5, 0.6) is 5.75 Å². The number of hydrogen-bond donors (Lipinski definition) is 0. The van der Waals surface area contributed by atoms with Crippen LogP contribution in [0.4, 0.5) is 0 Å². The number of piperidine rings is 1. The topological polar surface area (TPSA) is 38.8 Å². The molecule has 0 saturated carbocycles. The maximum absolute atomic E-state index is 12.3. The molecule has 0 bridgehead atoms. The predicted molar refractivity (Wildman–Crippen MR) is 85.0 cm³/mol. The molecule has 4 heteroatoms. The van der Waals surface area contributed by atoms with E-state index in [1.165, 1.54) is 5.56 Å². The number of nitrogens with zero attached hydrogens (tertiary/aromatic N) is 1. The van der Waals surface area contributed by atoms with Gasteiger partial charge in [-0.2, -0.15) is 0 Å². The maximum atomic E-state index is 12.3. The number of carbonyl (C=O) groups is 1. The Kier molecular flexibility index (Phi) is 4.98. The fraction of sp³-hybridized carbons (Fsp3) is 0.611. The van der Waals surface area contributed by atoms with E-state index in [9.17, 15) is 4.79 Å². The van der Waals surface area contributed by atoms with Crippen molar-refractivity contribution in [1.29, 1.82) is 0 Å². The lowest BCUT2D eigenvalue weighted by atomic mass is 10.0. The van der Waals surface area contributed by atoms with Gasteiger partial charge >= 0.3 is 0 Å². The van der Waals surface area contributed by atoms with Crippen LogP contribution in [0.15, 0.2) is 24.3 Å². The highest BCUT2D eigenvalue weighted by molar-refractivity contribution is 5.76. The summed E-state index contributed by atoms with van der Waals surface area (Å²) in [5.41, 5.74) is 1.24. The zero-order valence-corrected chi connectivity index (χ0v) is 13.3. The Hall–Kier alpha value is -1.55. The summed E-state index contributed by atoms with van der Waals surface area (Å²) in [4.78, 5) is 14.3. The van der Waals surface area contributed by atoms with E-state index in [-0.39, 0.29) is 12.0 Å². The third kappa shape index (κ3) is 4.01. The molecule has 1 atom stereocenters. The van der Waals surface area contributed by atoms with E-state index in [0.29, 0.717) is 12.3 Å². The maximum Gasteiger partial charge on any atom is 0.222 e. The van der Waals surface area contributed by atoms with Gasteiger partial charge in [-0.3, -0.25) is 4.79 Å². The van der Waals surface area contributed by atoms with Crippen LogP contribution in [-0.4, -0.2) is 43.2 Å².